The average Bonchev–Trinajstić information content (AvgIpc) is 3.57. The third-order valence-electron chi connectivity index (χ3n) is 10.6. The molecule has 2 aliphatic carbocycles. The molecular formula is C38H40F2S2Si2. The van der Waals surface area contributed by atoms with Gasteiger partial charge in [0.25, 0.3) is 0 Å². The van der Waals surface area contributed by atoms with Crippen LogP contribution in [0.25, 0.3) is 41.7 Å². The highest BCUT2D eigenvalue weighted by atomic mass is 32.1. The van der Waals surface area contributed by atoms with Crippen LogP contribution < -0.4 is 0 Å². The Labute approximate surface area is 270 Å². The van der Waals surface area contributed by atoms with Crippen molar-refractivity contribution in [1.29, 1.82) is 0 Å². The molecule has 0 amide bonds. The normalized spacial score (nSPS) is 17.2. The number of rotatable bonds is 2. The van der Waals surface area contributed by atoms with E-state index in [4.69, 9.17) is 0 Å². The van der Waals surface area contributed by atoms with Crippen molar-refractivity contribution in [3.05, 3.63) is 57.8 Å². The van der Waals surface area contributed by atoms with Gasteiger partial charge in [0, 0.05) is 31.3 Å². The predicted molar refractivity (Wildman–Crippen MR) is 195 cm³/mol. The fourth-order valence-corrected chi connectivity index (χ4v) is 14.4. The Bertz CT molecular complexity index is 1790. The van der Waals surface area contributed by atoms with Crippen LogP contribution in [0.3, 0.4) is 0 Å². The zero-order valence-electron chi connectivity index (χ0n) is 26.3. The molecule has 0 radical (unpaired) electrons. The van der Waals surface area contributed by atoms with Crippen LogP contribution in [-0.2, 0) is 0 Å². The number of fused-ring (bicyclic) bond motifs is 4. The Morgan fingerprint density at radius 3 is 1.30 bits per heavy atom. The second-order valence-electron chi connectivity index (χ2n) is 14.3. The maximum Gasteiger partial charge on any atom is 0.177 e. The third kappa shape index (κ3) is 5.69. The van der Waals surface area contributed by atoms with E-state index in [1.54, 1.807) is 12.1 Å². The highest BCUT2D eigenvalue weighted by molar-refractivity contribution is 7.18. The molecule has 7 rings (SSSR count). The molecule has 0 spiro atoms. The summed E-state index contributed by atoms with van der Waals surface area (Å²) in [5.74, 6) is 7.51. The third-order valence-corrected chi connectivity index (χ3v) is 19.1. The zero-order valence-corrected chi connectivity index (χ0v) is 29.9. The van der Waals surface area contributed by atoms with Crippen LogP contribution in [0, 0.1) is 33.2 Å². The molecule has 44 heavy (non-hydrogen) atoms. The van der Waals surface area contributed by atoms with Crippen LogP contribution in [0.4, 0.5) is 8.78 Å². The summed E-state index contributed by atoms with van der Waals surface area (Å²) < 4.78 is 31.1. The van der Waals surface area contributed by atoms with Crippen LogP contribution >= 0.6 is 22.7 Å². The van der Waals surface area contributed by atoms with Crippen molar-refractivity contribution < 1.29 is 8.78 Å². The predicted octanol–water partition coefficient (Wildman–Crippen LogP) is 12.6. The zero-order chi connectivity index (χ0) is 30.6. The first-order chi connectivity index (χ1) is 21.1. The van der Waals surface area contributed by atoms with Gasteiger partial charge in [-0.1, -0.05) is 102 Å². The Balaban J connectivity index is 1.52. The maximum atomic E-state index is 14.6. The number of benzene rings is 3. The van der Waals surface area contributed by atoms with Crippen molar-refractivity contribution in [3.63, 3.8) is 0 Å². The van der Waals surface area contributed by atoms with Gasteiger partial charge >= 0.3 is 0 Å². The van der Waals surface area contributed by atoms with Gasteiger partial charge in [-0.05, 0) is 69.0 Å². The minimum atomic E-state index is -1.83. The van der Waals surface area contributed by atoms with Crippen molar-refractivity contribution in [1.82, 2.24) is 0 Å². The van der Waals surface area contributed by atoms with E-state index < -0.39 is 16.1 Å². The molecule has 0 atom stereocenters. The van der Waals surface area contributed by atoms with E-state index in [9.17, 15) is 8.78 Å². The SMILES string of the molecule is C[Si](C)(C#Cc1c2cc3cc(F)sc3cc2c(C#C[Si](C)(C)C2CCCCC2)c2cc3cc(F)sc3cc12)C1CCCCC1. The van der Waals surface area contributed by atoms with Gasteiger partial charge < -0.3 is 0 Å². The van der Waals surface area contributed by atoms with E-state index in [2.05, 4.69) is 73.4 Å². The molecule has 0 bridgehead atoms. The molecule has 0 nitrogen and oxygen atoms in total. The monoisotopic (exact) mass is 654 g/mol. The molecule has 226 valence electrons. The second-order valence-corrected chi connectivity index (χ2v) is 25.4. The first-order valence-electron chi connectivity index (χ1n) is 16.4. The molecule has 0 unspecified atom stereocenters. The standard InChI is InChI=1S/C38H40F2S2Si2/c1-43(2,27-11-7-5-8-12-27)17-15-29-31-19-25-21-37(39)42-36(25)24-34(31)30(16-18-44(3,4)28-13-9-6-10-14-28)32-20-26-22-38(40)41-35(26)23-33(29)32/h19-24,27-28H,5-14H2,1-4H3. The summed E-state index contributed by atoms with van der Waals surface area (Å²) >= 11 is 2.38. The Kier molecular flexibility index (Phi) is 8.03. The van der Waals surface area contributed by atoms with Gasteiger partial charge in [0.2, 0.25) is 0 Å². The molecule has 3 aromatic carbocycles. The van der Waals surface area contributed by atoms with Crippen molar-refractivity contribution >= 4 is 80.5 Å². The molecule has 0 N–H and O–H groups in total. The maximum absolute atomic E-state index is 14.6. The molecular weight excluding hydrogens is 615 g/mol. The largest absolute Gasteiger partial charge is 0.195 e. The van der Waals surface area contributed by atoms with Gasteiger partial charge in [0.15, 0.2) is 10.3 Å². The molecule has 5 aromatic rings. The minimum Gasteiger partial charge on any atom is -0.195 e. The van der Waals surface area contributed by atoms with Crippen molar-refractivity contribution in [3.8, 4) is 22.9 Å². The summed E-state index contributed by atoms with van der Waals surface area (Å²) in [4.78, 5) is 0. The lowest BCUT2D eigenvalue weighted by molar-refractivity contribution is 0.494. The molecule has 2 aromatic heterocycles. The van der Waals surface area contributed by atoms with Crippen molar-refractivity contribution in [2.24, 2.45) is 0 Å². The smallest absolute Gasteiger partial charge is 0.177 e. The summed E-state index contributed by atoms with van der Waals surface area (Å²) in [5, 5.41) is 5.65. The van der Waals surface area contributed by atoms with Crippen molar-refractivity contribution in [2.75, 3.05) is 0 Å². The second kappa shape index (κ2) is 11.7. The lowest BCUT2D eigenvalue weighted by Gasteiger charge is -2.31. The summed E-state index contributed by atoms with van der Waals surface area (Å²) in [6, 6.07) is 11.8. The van der Waals surface area contributed by atoms with E-state index in [0.717, 1.165) is 52.8 Å². The van der Waals surface area contributed by atoms with E-state index in [0.29, 0.717) is 11.1 Å². The summed E-state index contributed by atoms with van der Waals surface area (Å²) in [7, 11) is -3.66. The number of hydrogen-bond acceptors (Lipinski definition) is 2. The topological polar surface area (TPSA) is 0 Å². The molecule has 2 fully saturated rings. The lowest BCUT2D eigenvalue weighted by atomic mass is 9.91. The van der Waals surface area contributed by atoms with Crippen LogP contribution in [0.5, 0.6) is 0 Å². The van der Waals surface area contributed by atoms with Gasteiger partial charge in [-0.3, -0.25) is 0 Å². The fourth-order valence-electron chi connectivity index (χ4n) is 7.80. The Hall–Kier alpha value is -2.49. The number of thiophene rings is 2. The van der Waals surface area contributed by atoms with Gasteiger partial charge in [0.1, 0.15) is 16.1 Å². The van der Waals surface area contributed by atoms with Crippen LogP contribution in [0.15, 0.2) is 36.4 Å². The van der Waals surface area contributed by atoms with E-state index >= 15 is 0 Å². The van der Waals surface area contributed by atoms with E-state index in [-0.39, 0.29) is 10.3 Å². The Morgan fingerprint density at radius 1 is 0.545 bits per heavy atom. The first kappa shape index (κ1) is 30.2. The molecule has 2 heterocycles. The van der Waals surface area contributed by atoms with Crippen LogP contribution in [0.1, 0.15) is 75.3 Å². The van der Waals surface area contributed by atoms with Gasteiger partial charge in [0.05, 0.1) is 0 Å². The molecule has 0 aliphatic heterocycles. The molecule has 2 saturated carbocycles. The van der Waals surface area contributed by atoms with Crippen molar-refractivity contribution in [2.45, 2.75) is 101 Å². The average molecular weight is 655 g/mol. The van der Waals surface area contributed by atoms with Gasteiger partial charge in [-0.25, -0.2) is 0 Å². The van der Waals surface area contributed by atoms with E-state index in [1.165, 1.54) is 86.9 Å². The Morgan fingerprint density at radius 2 is 0.909 bits per heavy atom. The van der Waals surface area contributed by atoms with Crippen LogP contribution in [0.2, 0.25) is 37.3 Å². The number of hydrogen-bond donors (Lipinski definition) is 0. The highest BCUT2D eigenvalue weighted by Gasteiger charge is 2.32. The van der Waals surface area contributed by atoms with Gasteiger partial charge in [-0.15, -0.1) is 33.8 Å². The summed E-state index contributed by atoms with van der Waals surface area (Å²) in [6.07, 6.45) is 13.1. The summed E-state index contributed by atoms with van der Waals surface area (Å²) in [6.45, 7) is 9.71. The quantitative estimate of drug-likeness (QED) is 0.101. The number of halogens is 2. The highest BCUT2D eigenvalue weighted by Crippen LogP contribution is 2.42. The van der Waals surface area contributed by atoms with E-state index in [1.807, 2.05) is 0 Å². The first-order valence-corrected chi connectivity index (χ1v) is 24.2. The lowest BCUT2D eigenvalue weighted by Crippen LogP contribution is -2.32. The molecule has 2 aliphatic rings. The molecule has 0 saturated heterocycles. The fraction of sp³-hybridized carbons (Fsp3) is 0.421. The summed E-state index contributed by atoms with van der Waals surface area (Å²) in [5.41, 5.74) is 11.2. The minimum absolute atomic E-state index is 0.173. The van der Waals surface area contributed by atoms with Gasteiger partial charge in [-0.2, -0.15) is 8.78 Å². The molecule has 6 heteroatoms. The van der Waals surface area contributed by atoms with Crippen LogP contribution in [-0.4, -0.2) is 16.1 Å².